The zero-order valence-corrected chi connectivity index (χ0v) is 10.7. The molecule has 0 fully saturated rings. The molecule has 0 aliphatic carbocycles. The molecule has 2 nitrogen and oxygen atoms in total. The maximum absolute atomic E-state index is 8.81. The number of hydrogen-bond donors (Lipinski definition) is 0. The summed E-state index contributed by atoms with van der Waals surface area (Å²) in [4.78, 5) is 4.49. The van der Waals surface area contributed by atoms with Gasteiger partial charge in [-0.1, -0.05) is 6.07 Å². The Morgan fingerprint density at radius 1 is 1.33 bits per heavy atom. The van der Waals surface area contributed by atoms with Gasteiger partial charge < -0.3 is 0 Å². The first-order chi connectivity index (χ1) is 7.13. The third-order valence-electron chi connectivity index (χ3n) is 2.52. The molecule has 0 N–H and O–H groups in total. The zero-order chi connectivity index (χ0) is 11.0. The highest BCUT2D eigenvalue weighted by molar-refractivity contribution is 14.1. The van der Waals surface area contributed by atoms with Gasteiger partial charge in [-0.3, -0.25) is 4.98 Å². The van der Waals surface area contributed by atoms with E-state index in [0.717, 1.165) is 16.6 Å². The second-order valence-corrected chi connectivity index (χ2v) is 4.56. The van der Waals surface area contributed by atoms with Crippen LogP contribution in [0.1, 0.15) is 16.8 Å². The largest absolute Gasteiger partial charge is 0.253 e. The van der Waals surface area contributed by atoms with Gasteiger partial charge >= 0.3 is 0 Å². The zero-order valence-electron chi connectivity index (χ0n) is 8.50. The van der Waals surface area contributed by atoms with Crippen LogP contribution in [0.2, 0.25) is 0 Å². The molecule has 0 spiro atoms. The number of hydrogen-bond acceptors (Lipinski definition) is 2. The minimum Gasteiger partial charge on any atom is -0.253 e. The molecule has 1 heterocycles. The van der Waals surface area contributed by atoms with E-state index in [1.807, 2.05) is 25.1 Å². The second-order valence-electron chi connectivity index (χ2n) is 3.48. The molecule has 0 saturated carbocycles. The van der Waals surface area contributed by atoms with E-state index >= 15 is 0 Å². The fourth-order valence-electron chi connectivity index (χ4n) is 1.50. The van der Waals surface area contributed by atoms with Gasteiger partial charge in [-0.15, -0.1) is 0 Å². The van der Waals surface area contributed by atoms with Crippen LogP contribution >= 0.6 is 22.6 Å². The molecule has 2 rings (SSSR count). The summed E-state index contributed by atoms with van der Waals surface area (Å²) in [6, 6.07) is 7.77. The maximum Gasteiger partial charge on any atom is 0.0992 e. The number of nitrogens with zero attached hydrogens (tertiary/aromatic N) is 2. The maximum atomic E-state index is 8.81. The third-order valence-corrected chi connectivity index (χ3v) is 3.91. The van der Waals surface area contributed by atoms with Crippen LogP contribution in [0.3, 0.4) is 0 Å². The standard InChI is InChI=1S/C12H9IN2/c1-7-8(2)15-11-5-9(6-14)3-4-10(11)12(7)13/h3-5H,1-2H3. The molecule has 3 heteroatoms. The van der Waals surface area contributed by atoms with Crippen molar-refractivity contribution < 1.29 is 0 Å². The number of pyridine rings is 1. The lowest BCUT2D eigenvalue weighted by Crippen LogP contribution is -1.93. The highest BCUT2D eigenvalue weighted by atomic mass is 127. The Morgan fingerprint density at radius 3 is 2.73 bits per heavy atom. The molecule has 2 aromatic rings. The summed E-state index contributed by atoms with van der Waals surface area (Å²) in [7, 11) is 0. The van der Waals surface area contributed by atoms with Crippen LogP contribution in [-0.2, 0) is 0 Å². The van der Waals surface area contributed by atoms with Gasteiger partial charge in [-0.25, -0.2) is 0 Å². The van der Waals surface area contributed by atoms with Crippen LogP contribution in [0, 0.1) is 28.7 Å². The molecular formula is C12H9IN2. The first-order valence-electron chi connectivity index (χ1n) is 4.60. The van der Waals surface area contributed by atoms with Gasteiger partial charge in [0.05, 0.1) is 17.1 Å². The Hall–Kier alpha value is -1.15. The number of nitriles is 1. The molecule has 0 atom stereocenters. The molecule has 0 saturated heterocycles. The monoisotopic (exact) mass is 308 g/mol. The normalized spacial score (nSPS) is 10.3. The predicted molar refractivity (Wildman–Crippen MR) is 68.6 cm³/mol. The predicted octanol–water partition coefficient (Wildman–Crippen LogP) is 3.33. The molecular weight excluding hydrogens is 299 g/mol. The van der Waals surface area contributed by atoms with E-state index in [-0.39, 0.29) is 0 Å². The number of halogens is 1. The lowest BCUT2D eigenvalue weighted by atomic mass is 10.1. The fourth-order valence-corrected chi connectivity index (χ4v) is 2.35. The van der Waals surface area contributed by atoms with Crippen molar-refractivity contribution in [2.24, 2.45) is 0 Å². The van der Waals surface area contributed by atoms with Gasteiger partial charge in [-0.2, -0.15) is 5.26 Å². The molecule has 0 bridgehead atoms. The Labute approximate surface area is 102 Å². The number of benzene rings is 1. The van der Waals surface area contributed by atoms with Gasteiger partial charge in [0.1, 0.15) is 0 Å². The van der Waals surface area contributed by atoms with Crippen LogP contribution in [0.15, 0.2) is 18.2 Å². The SMILES string of the molecule is Cc1nc2cc(C#N)ccc2c(I)c1C. The van der Waals surface area contributed by atoms with Crippen molar-refractivity contribution in [3.8, 4) is 6.07 Å². The Kier molecular flexibility index (Phi) is 2.61. The number of fused-ring (bicyclic) bond motifs is 1. The van der Waals surface area contributed by atoms with E-state index in [9.17, 15) is 0 Å². The van der Waals surface area contributed by atoms with E-state index in [1.165, 1.54) is 9.13 Å². The highest BCUT2D eigenvalue weighted by Crippen LogP contribution is 2.24. The summed E-state index contributed by atoms with van der Waals surface area (Å²) in [6.07, 6.45) is 0. The minimum absolute atomic E-state index is 0.661. The molecule has 1 aromatic heterocycles. The van der Waals surface area contributed by atoms with Crippen LogP contribution < -0.4 is 0 Å². The van der Waals surface area contributed by atoms with Crippen molar-refractivity contribution in [3.63, 3.8) is 0 Å². The van der Waals surface area contributed by atoms with Crippen molar-refractivity contribution in [2.45, 2.75) is 13.8 Å². The molecule has 0 amide bonds. The van der Waals surface area contributed by atoms with Crippen LogP contribution in [-0.4, -0.2) is 4.98 Å². The van der Waals surface area contributed by atoms with Gasteiger partial charge in [0.2, 0.25) is 0 Å². The first kappa shape index (κ1) is 10.4. The van der Waals surface area contributed by atoms with Crippen molar-refractivity contribution in [3.05, 3.63) is 38.6 Å². The molecule has 0 aliphatic rings. The van der Waals surface area contributed by atoms with Crippen LogP contribution in [0.4, 0.5) is 0 Å². The van der Waals surface area contributed by atoms with Crippen molar-refractivity contribution in [2.75, 3.05) is 0 Å². The lowest BCUT2D eigenvalue weighted by molar-refractivity contribution is 1.18. The average molecular weight is 308 g/mol. The van der Waals surface area contributed by atoms with Gasteiger partial charge in [-0.05, 0) is 54.1 Å². The lowest BCUT2D eigenvalue weighted by Gasteiger charge is -2.07. The van der Waals surface area contributed by atoms with E-state index in [1.54, 1.807) is 0 Å². The van der Waals surface area contributed by atoms with Crippen LogP contribution in [0.5, 0.6) is 0 Å². The molecule has 0 radical (unpaired) electrons. The van der Waals surface area contributed by atoms with Crippen molar-refractivity contribution >= 4 is 33.5 Å². The number of aryl methyl sites for hydroxylation is 1. The summed E-state index contributed by atoms with van der Waals surface area (Å²) in [5.74, 6) is 0. The summed E-state index contributed by atoms with van der Waals surface area (Å²) in [5, 5.41) is 9.93. The Balaban J connectivity index is 2.87. The molecule has 0 aliphatic heterocycles. The third kappa shape index (κ3) is 1.70. The van der Waals surface area contributed by atoms with E-state index in [2.05, 4.69) is 40.6 Å². The summed E-state index contributed by atoms with van der Waals surface area (Å²) in [6.45, 7) is 4.07. The van der Waals surface area contributed by atoms with Gasteiger partial charge in [0.25, 0.3) is 0 Å². The smallest absolute Gasteiger partial charge is 0.0992 e. The molecule has 15 heavy (non-hydrogen) atoms. The van der Waals surface area contributed by atoms with E-state index in [0.29, 0.717) is 5.56 Å². The Bertz CT molecular complexity index is 582. The summed E-state index contributed by atoms with van der Waals surface area (Å²) >= 11 is 2.33. The highest BCUT2D eigenvalue weighted by Gasteiger charge is 2.06. The topological polar surface area (TPSA) is 36.7 Å². The van der Waals surface area contributed by atoms with Gasteiger partial charge in [0.15, 0.2) is 0 Å². The molecule has 1 aromatic carbocycles. The molecule has 74 valence electrons. The Morgan fingerprint density at radius 2 is 2.07 bits per heavy atom. The second kappa shape index (κ2) is 3.78. The molecule has 0 unspecified atom stereocenters. The van der Waals surface area contributed by atoms with Crippen molar-refractivity contribution in [1.82, 2.24) is 4.98 Å². The number of aromatic nitrogens is 1. The first-order valence-corrected chi connectivity index (χ1v) is 5.68. The summed E-state index contributed by atoms with van der Waals surface area (Å²) in [5.41, 5.74) is 3.81. The fraction of sp³-hybridized carbons (Fsp3) is 0.167. The average Bonchev–Trinajstić information content (AvgIpc) is 2.25. The van der Waals surface area contributed by atoms with Crippen molar-refractivity contribution in [1.29, 1.82) is 5.26 Å². The van der Waals surface area contributed by atoms with E-state index < -0.39 is 0 Å². The van der Waals surface area contributed by atoms with Gasteiger partial charge in [0, 0.05) is 14.7 Å². The summed E-state index contributed by atoms with van der Waals surface area (Å²) < 4.78 is 1.22. The minimum atomic E-state index is 0.661. The van der Waals surface area contributed by atoms with E-state index in [4.69, 9.17) is 5.26 Å². The number of rotatable bonds is 0. The van der Waals surface area contributed by atoms with Crippen LogP contribution in [0.25, 0.3) is 10.9 Å². The quantitative estimate of drug-likeness (QED) is 0.700.